The second kappa shape index (κ2) is 9.25. The normalized spacial score (nSPS) is 11.9. The summed E-state index contributed by atoms with van der Waals surface area (Å²) in [6.45, 7) is 6.67. The molecule has 2 N–H and O–H groups in total. The van der Waals surface area contributed by atoms with Crippen molar-refractivity contribution in [2.75, 3.05) is 14.2 Å². The van der Waals surface area contributed by atoms with Crippen LogP contribution in [0.15, 0.2) is 24.4 Å². The first-order chi connectivity index (χ1) is 13.3. The Morgan fingerprint density at radius 3 is 2.46 bits per heavy atom. The number of carbonyl (C=O) groups excluding carboxylic acids is 1. The average molecular weight is 389 g/mol. The number of benzene rings is 1. The van der Waals surface area contributed by atoms with Crippen molar-refractivity contribution in [2.24, 2.45) is 5.92 Å². The molecule has 0 aliphatic rings. The Morgan fingerprint density at radius 1 is 1.21 bits per heavy atom. The molecule has 1 heterocycles. The Balaban J connectivity index is 2.29. The van der Waals surface area contributed by atoms with Crippen LogP contribution in [-0.2, 0) is 11.3 Å². The van der Waals surface area contributed by atoms with E-state index in [0.29, 0.717) is 35.1 Å². The van der Waals surface area contributed by atoms with Crippen molar-refractivity contribution in [3.8, 4) is 11.5 Å². The molecule has 1 amide bonds. The number of methoxy groups -OCH3 is 2. The Kier molecular flexibility index (Phi) is 7.03. The number of carboxylic acids is 1. The van der Waals surface area contributed by atoms with E-state index in [1.54, 1.807) is 22.9 Å². The first kappa shape index (κ1) is 21.3. The van der Waals surface area contributed by atoms with Gasteiger partial charge in [-0.2, -0.15) is 5.10 Å². The zero-order valence-corrected chi connectivity index (χ0v) is 16.9. The van der Waals surface area contributed by atoms with Gasteiger partial charge in [0, 0.05) is 12.2 Å². The number of hydrogen-bond donors (Lipinski definition) is 2. The molecule has 0 spiro atoms. The third-order valence-electron chi connectivity index (χ3n) is 4.38. The summed E-state index contributed by atoms with van der Waals surface area (Å²) >= 11 is 0. The van der Waals surface area contributed by atoms with E-state index < -0.39 is 12.0 Å². The summed E-state index contributed by atoms with van der Waals surface area (Å²) in [6.07, 6.45) is 1.25. The van der Waals surface area contributed by atoms with Gasteiger partial charge >= 0.3 is 5.97 Å². The monoisotopic (exact) mass is 389 g/mol. The molecule has 2 rings (SSSR count). The Hall–Kier alpha value is -3.03. The summed E-state index contributed by atoms with van der Waals surface area (Å²) in [7, 11) is 3.02. The van der Waals surface area contributed by atoms with E-state index >= 15 is 0 Å². The molecule has 0 aliphatic carbocycles. The number of amides is 1. The highest BCUT2D eigenvalue weighted by atomic mass is 16.5. The van der Waals surface area contributed by atoms with Gasteiger partial charge in [-0.1, -0.05) is 19.9 Å². The number of nitrogens with one attached hydrogen (secondary N) is 1. The van der Waals surface area contributed by atoms with E-state index in [9.17, 15) is 14.7 Å². The predicted octanol–water partition coefficient (Wildman–Crippen LogP) is 2.81. The number of aliphatic carboxylic acids is 1. The van der Waals surface area contributed by atoms with E-state index in [1.807, 2.05) is 6.92 Å². The van der Waals surface area contributed by atoms with Crippen LogP contribution in [0.5, 0.6) is 11.5 Å². The van der Waals surface area contributed by atoms with E-state index in [1.165, 1.54) is 20.4 Å². The number of carboxylic acid groups (broad SMARTS) is 1. The predicted molar refractivity (Wildman–Crippen MR) is 104 cm³/mol. The molecule has 1 atom stereocenters. The van der Waals surface area contributed by atoms with E-state index in [4.69, 9.17) is 9.47 Å². The molecule has 8 nitrogen and oxygen atoms in total. The van der Waals surface area contributed by atoms with Gasteiger partial charge in [0.15, 0.2) is 11.5 Å². The summed E-state index contributed by atoms with van der Waals surface area (Å²) in [5, 5.41) is 16.4. The molecule has 0 saturated heterocycles. The molecule has 0 aliphatic heterocycles. The van der Waals surface area contributed by atoms with Crippen LogP contribution in [0.2, 0.25) is 0 Å². The third-order valence-corrected chi connectivity index (χ3v) is 4.38. The molecule has 1 unspecified atom stereocenters. The van der Waals surface area contributed by atoms with E-state index in [0.717, 1.165) is 5.69 Å². The van der Waals surface area contributed by atoms with Gasteiger partial charge in [-0.15, -0.1) is 0 Å². The highest BCUT2D eigenvalue weighted by Crippen LogP contribution is 2.31. The summed E-state index contributed by atoms with van der Waals surface area (Å²) in [5.74, 6) is -0.00934. The maximum absolute atomic E-state index is 12.8. The maximum Gasteiger partial charge on any atom is 0.305 e. The second-order valence-corrected chi connectivity index (χ2v) is 6.96. The minimum Gasteiger partial charge on any atom is -0.493 e. The van der Waals surface area contributed by atoms with Crippen LogP contribution in [0.25, 0.3) is 0 Å². The summed E-state index contributed by atoms with van der Waals surface area (Å²) in [5.41, 5.74) is 1.78. The van der Waals surface area contributed by atoms with Crippen LogP contribution in [-0.4, -0.2) is 41.0 Å². The third kappa shape index (κ3) is 5.03. The number of aromatic nitrogens is 2. The molecule has 28 heavy (non-hydrogen) atoms. The topological polar surface area (TPSA) is 103 Å². The number of hydrogen-bond acceptors (Lipinski definition) is 5. The minimum absolute atomic E-state index is 0.263. The van der Waals surface area contributed by atoms with Crippen LogP contribution in [0.3, 0.4) is 0 Å². The first-order valence-electron chi connectivity index (χ1n) is 9.03. The fraction of sp³-hybridized carbons (Fsp3) is 0.450. The fourth-order valence-electron chi connectivity index (χ4n) is 2.93. The molecule has 0 fully saturated rings. The smallest absolute Gasteiger partial charge is 0.305 e. The van der Waals surface area contributed by atoms with Crippen LogP contribution >= 0.6 is 0 Å². The number of rotatable bonds is 9. The lowest BCUT2D eigenvalue weighted by molar-refractivity contribution is -0.137. The molecule has 1 aromatic carbocycles. The fourth-order valence-corrected chi connectivity index (χ4v) is 2.93. The maximum atomic E-state index is 12.8. The Bertz CT molecular complexity index is 844. The number of ether oxygens (including phenoxy) is 2. The van der Waals surface area contributed by atoms with Crippen molar-refractivity contribution >= 4 is 11.9 Å². The lowest BCUT2D eigenvalue weighted by Crippen LogP contribution is -2.30. The van der Waals surface area contributed by atoms with Gasteiger partial charge in [0.1, 0.15) is 0 Å². The Labute approximate surface area is 164 Å². The summed E-state index contributed by atoms with van der Waals surface area (Å²) in [4.78, 5) is 24.1. The molecule has 0 bridgehead atoms. The molecule has 2 aromatic rings. The van der Waals surface area contributed by atoms with Gasteiger partial charge in [0.25, 0.3) is 5.91 Å². The van der Waals surface area contributed by atoms with Crippen LogP contribution in [0.4, 0.5) is 0 Å². The quantitative estimate of drug-likeness (QED) is 0.684. The average Bonchev–Trinajstić information content (AvgIpc) is 3.00. The van der Waals surface area contributed by atoms with Gasteiger partial charge in [-0.05, 0) is 30.5 Å². The zero-order valence-electron chi connectivity index (χ0n) is 16.9. The SMILES string of the molecule is COc1ccc(C(CC(=O)O)NC(=O)c2cnn(CC(C)C)c2C)cc1OC. The van der Waals surface area contributed by atoms with Crippen molar-refractivity contribution < 1.29 is 24.2 Å². The van der Waals surface area contributed by atoms with Crippen molar-refractivity contribution in [2.45, 2.75) is 39.8 Å². The van der Waals surface area contributed by atoms with Gasteiger partial charge in [0.05, 0.1) is 38.4 Å². The highest BCUT2D eigenvalue weighted by molar-refractivity contribution is 5.95. The van der Waals surface area contributed by atoms with Gasteiger partial charge < -0.3 is 19.9 Å². The number of carbonyl (C=O) groups is 2. The molecular formula is C20H27N3O5. The van der Waals surface area contributed by atoms with Crippen LogP contribution in [0, 0.1) is 12.8 Å². The molecule has 0 radical (unpaired) electrons. The molecule has 152 valence electrons. The molecule has 1 aromatic heterocycles. The van der Waals surface area contributed by atoms with Crippen molar-refractivity contribution in [1.29, 1.82) is 0 Å². The molecular weight excluding hydrogens is 362 g/mol. The van der Waals surface area contributed by atoms with Gasteiger partial charge in [-0.25, -0.2) is 0 Å². The summed E-state index contributed by atoms with van der Waals surface area (Å²) < 4.78 is 12.3. The first-order valence-corrected chi connectivity index (χ1v) is 9.03. The lowest BCUT2D eigenvalue weighted by Gasteiger charge is -2.19. The van der Waals surface area contributed by atoms with Crippen LogP contribution in [0.1, 0.15) is 47.9 Å². The zero-order chi connectivity index (χ0) is 20.8. The standard InChI is InChI=1S/C20H27N3O5/c1-12(2)11-23-13(3)15(10-21-23)20(26)22-16(9-19(24)25)14-6-7-17(27-4)18(8-14)28-5/h6-8,10,12,16H,9,11H2,1-5H3,(H,22,26)(H,24,25). The van der Waals surface area contributed by atoms with E-state index in [2.05, 4.69) is 24.3 Å². The van der Waals surface area contributed by atoms with E-state index in [-0.39, 0.29) is 12.3 Å². The lowest BCUT2D eigenvalue weighted by atomic mass is 10.0. The Morgan fingerprint density at radius 2 is 1.89 bits per heavy atom. The largest absolute Gasteiger partial charge is 0.493 e. The molecule has 8 heteroatoms. The van der Waals surface area contributed by atoms with Crippen molar-refractivity contribution in [1.82, 2.24) is 15.1 Å². The minimum atomic E-state index is -1.02. The van der Waals surface area contributed by atoms with Gasteiger partial charge in [0.2, 0.25) is 0 Å². The van der Waals surface area contributed by atoms with Crippen molar-refractivity contribution in [3.05, 3.63) is 41.2 Å². The summed E-state index contributed by atoms with van der Waals surface area (Å²) in [6, 6.07) is 4.34. The molecule has 0 saturated carbocycles. The highest BCUT2D eigenvalue weighted by Gasteiger charge is 2.23. The van der Waals surface area contributed by atoms with Gasteiger partial charge in [-0.3, -0.25) is 14.3 Å². The van der Waals surface area contributed by atoms with Crippen molar-refractivity contribution in [3.63, 3.8) is 0 Å². The second-order valence-electron chi connectivity index (χ2n) is 6.96. The van der Waals surface area contributed by atoms with Crippen LogP contribution < -0.4 is 14.8 Å². The number of nitrogens with zero attached hydrogens (tertiary/aromatic N) is 2.